The minimum absolute atomic E-state index is 0.155. The highest BCUT2D eigenvalue weighted by molar-refractivity contribution is 5.95. The maximum absolute atomic E-state index is 14.2. The Balaban J connectivity index is 1.93. The molecule has 0 unspecified atom stereocenters. The Morgan fingerprint density at radius 2 is 2.11 bits per heavy atom. The molecule has 7 nitrogen and oxygen atoms in total. The standard InChI is InChI=1S/C19H21F2N3O4/c1-9-10(2)28-18(19(26)23-11-6-12(8-25)24-22-7-11)15(9)13-4-5-14(20)16(21)17(13)27-3/h4-7,9-10,15,18,25H,8H2,1-3H3,(H,23,24,26)/t9-,10-,15+,18-/m1/s1. The van der Waals surface area contributed by atoms with Gasteiger partial charge in [-0.2, -0.15) is 14.6 Å². The number of nitrogens with one attached hydrogen (secondary N) is 1. The third kappa shape index (κ3) is 3.67. The summed E-state index contributed by atoms with van der Waals surface area (Å²) in [7, 11) is 1.25. The van der Waals surface area contributed by atoms with Gasteiger partial charge in [-0.1, -0.05) is 13.0 Å². The molecule has 150 valence electrons. The highest BCUT2D eigenvalue weighted by atomic mass is 19.2. The number of carbonyl (C=O) groups is 1. The molecule has 1 aromatic heterocycles. The Morgan fingerprint density at radius 3 is 2.79 bits per heavy atom. The fourth-order valence-electron chi connectivity index (χ4n) is 3.47. The lowest BCUT2D eigenvalue weighted by Gasteiger charge is -2.23. The molecule has 28 heavy (non-hydrogen) atoms. The summed E-state index contributed by atoms with van der Waals surface area (Å²) in [4.78, 5) is 12.9. The molecule has 1 aromatic carbocycles. The monoisotopic (exact) mass is 393 g/mol. The van der Waals surface area contributed by atoms with Gasteiger partial charge in [-0.3, -0.25) is 4.79 Å². The van der Waals surface area contributed by atoms with E-state index >= 15 is 0 Å². The molecule has 2 aromatic rings. The molecule has 0 radical (unpaired) electrons. The van der Waals surface area contributed by atoms with E-state index in [0.717, 1.165) is 6.07 Å². The lowest BCUT2D eigenvalue weighted by Crippen LogP contribution is -2.33. The van der Waals surface area contributed by atoms with Gasteiger partial charge in [0.05, 0.1) is 37.4 Å². The maximum Gasteiger partial charge on any atom is 0.254 e. The van der Waals surface area contributed by atoms with Crippen LogP contribution >= 0.6 is 0 Å². The van der Waals surface area contributed by atoms with E-state index in [2.05, 4.69) is 15.5 Å². The molecule has 2 N–H and O–H groups in total. The van der Waals surface area contributed by atoms with Gasteiger partial charge in [-0.25, -0.2) is 4.39 Å². The second kappa shape index (κ2) is 8.15. The fraction of sp³-hybridized carbons (Fsp3) is 0.421. The van der Waals surface area contributed by atoms with Crippen molar-refractivity contribution < 1.29 is 28.2 Å². The highest BCUT2D eigenvalue weighted by Crippen LogP contribution is 2.44. The molecule has 9 heteroatoms. The first kappa shape index (κ1) is 20.1. The first-order valence-corrected chi connectivity index (χ1v) is 8.78. The first-order chi connectivity index (χ1) is 13.4. The Bertz CT molecular complexity index is 880. The topological polar surface area (TPSA) is 93.6 Å². The van der Waals surface area contributed by atoms with Crippen molar-refractivity contribution in [3.8, 4) is 5.75 Å². The zero-order chi connectivity index (χ0) is 20.4. The van der Waals surface area contributed by atoms with E-state index in [1.165, 1.54) is 25.4 Å². The van der Waals surface area contributed by atoms with Crippen LogP contribution in [-0.4, -0.2) is 40.5 Å². The maximum atomic E-state index is 14.2. The zero-order valence-corrected chi connectivity index (χ0v) is 15.6. The summed E-state index contributed by atoms with van der Waals surface area (Å²) in [6, 6.07) is 3.91. The molecule has 1 aliphatic rings. The molecule has 1 fully saturated rings. The third-order valence-corrected chi connectivity index (χ3v) is 5.03. The zero-order valence-electron chi connectivity index (χ0n) is 15.6. The van der Waals surface area contributed by atoms with E-state index < -0.39 is 29.6 Å². The van der Waals surface area contributed by atoms with Crippen LogP contribution in [0.5, 0.6) is 5.75 Å². The van der Waals surface area contributed by atoms with E-state index in [-0.39, 0.29) is 24.4 Å². The number of carbonyl (C=O) groups excluding carboxylic acids is 1. The SMILES string of the molecule is COc1c([C@@H]2[C@H](C)[C@@H](C)O[C@H]2C(=O)Nc2cnnc(CO)c2)ccc(F)c1F. The molecule has 1 amide bonds. The van der Waals surface area contributed by atoms with Gasteiger partial charge in [0.25, 0.3) is 5.91 Å². The number of hydrogen-bond donors (Lipinski definition) is 2. The number of amides is 1. The molecule has 0 bridgehead atoms. The summed E-state index contributed by atoms with van der Waals surface area (Å²) in [6.07, 6.45) is 0.100. The van der Waals surface area contributed by atoms with Gasteiger partial charge in [0, 0.05) is 11.5 Å². The molecule has 4 atom stereocenters. The second-order valence-corrected chi connectivity index (χ2v) is 6.71. The van der Waals surface area contributed by atoms with E-state index in [1.54, 1.807) is 0 Å². The van der Waals surface area contributed by atoms with Crippen LogP contribution in [0.3, 0.4) is 0 Å². The summed E-state index contributed by atoms with van der Waals surface area (Å²) in [6.45, 7) is 3.37. The van der Waals surface area contributed by atoms with Gasteiger partial charge in [0.1, 0.15) is 6.10 Å². The molecule has 1 saturated heterocycles. The van der Waals surface area contributed by atoms with E-state index in [4.69, 9.17) is 14.6 Å². The quantitative estimate of drug-likeness (QED) is 0.810. The van der Waals surface area contributed by atoms with Crippen LogP contribution in [0, 0.1) is 17.6 Å². The normalized spacial score (nSPS) is 24.2. The molecule has 0 saturated carbocycles. The number of rotatable bonds is 5. The predicted octanol–water partition coefficient (Wildman–Crippen LogP) is 2.40. The number of nitrogens with zero attached hydrogens (tertiary/aromatic N) is 2. The smallest absolute Gasteiger partial charge is 0.254 e. The number of halogens is 2. The van der Waals surface area contributed by atoms with Crippen molar-refractivity contribution in [1.29, 1.82) is 0 Å². The second-order valence-electron chi connectivity index (χ2n) is 6.71. The first-order valence-electron chi connectivity index (χ1n) is 8.78. The van der Waals surface area contributed by atoms with Crippen molar-refractivity contribution in [2.24, 2.45) is 5.92 Å². The number of aliphatic hydroxyl groups excluding tert-OH is 1. The van der Waals surface area contributed by atoms with Crippen LogP contribution in [0.4, 0.5) is 14.5 Å². The molecular weight excluding hydrogens is 372 g/mol. The van der Waals surface area contributed by atoms with Crippen molar-refractivity contribution in [3.05, 3.63) is 47.3 Å². The van der Waals surface area contributed by atoms with E-state index in [0.29, 0.717) is 16.9 Å². The van der Waals surface area contributed by atoms with E-state index in [1.807, 2.05) is 13.8 Å². The Hall–Kier alpha value is -2.65. The Kier molecular flexibility index (Phi) is 5.85. The molecule has 3 rings (SSSR count). The Labute approximate surface area is 160 Å². The highest BCUT2D eigenvalue weighted by Gasteiger charge is 2.46. The van der Waals surface area contributed by atoms with Crippen molar-refractivity contribution in [2.45, 2.75) is 38.6 Å². The predicted molar refractivity (Wildman–Crippen MR) is 95.7 cm³/mol. The molecule has 0 spiro atoms. The van der Waals surface area contributed by atoms with Crippen molar-refractivity contribution in [1.82, 2.24) is 10.2 Å². The molecule has 0 aliphatic carbocycles. The van der Waals surface area contributed by atoms with Crippen LogP contribution in [0.25, 0.3) is 0 Å². The number of benzene rings is 1. The lowest BCUT2D eigenvalue weighted by molar-refractivity contribution is -0.127. The third-order valence-electron chi connectivity index (χ3n) is 5.03. The molecule has 1 aliphatic heterocycles. The van der Waals surface area contributed by atoms with Gasteiger partial charge in [0.2, 0.25) is 5.82 Å². The summed E-state index contributed by atoms with van der Waals surface area (Å²) in [5.74, 6) is -3.53. The van der Waals surface area contributed by atoms with Gasteiger partial charge in [0.15, 0.2) is 11.6 Å². The number of aromatic nitrogens is 2. The Morgan fingerprint density at radius 1 is 1.36 bits per heavy atom. The van der Waals surface area contributed by atoms with Crippen molar-refractivity contribution >= 4 is 11.6 Å². The fourth-order valence-corrected chi connectivity index (χ4v) is 3.47. The van der Waals surface area contributed by atoms with Crippen LogP contribution < -0.4 is 10.1 Å². The van der Waals surface area contributed by atoms with Gasteiger partial charge in [-0.05, 0) is 25.0 Å². The van der Waals surface area contributed by atoms with Crippen LogP contribution in [0.1, 0.15) is 31.0 Å². The van der Waals surface area contributed by atoms with E-state index in [9.17, 15) is 13.6 Å². The molecular formula is C19H21F2N3O4. The van der Waals surface area contributed by atoms with Crippen molar-refractivity contribution in [3.63, 3.8) is 0 Å². The lowest BCUT2D eigenvalue weighted by atomic mass is 9.82. The van der Waals surface area contributed by atoms with Crippen LogP contribution in [0.15, 0.2) is 24.4 Å². The average molecular weight is 393 g/mol. The number of aliphatic hydroxyl groups is 1. The van der Waals surface area contributed by atoms with Gasteiger partial charge >= 0.3 is 0 Å². The average Bonchev–Trinajstić information content (AvgIpc) is 2.99. The van der Waals surface area contributed by atoms with Crippen LogP contribution in [-0.2, 0) is 16.1 Å². The summed E-state index contributed by atoms with van der Waals surface area (Å²) in [5, 5.41) is 19.3. The number of anilines is 1. The van der Waals surface area contributed by atoms with Gasteiger partial charge < -0.3 is 19.9 Å². The van der Waals surface area contributed by atoms with Crippen LogP contribution in [0.2, 0.25) is 0 Å². The number of methoxy groups -OCH3 is 1. The summed E-state index contributed by atoms with van der Waals surface area (Å²) >= 11 is 0. The number of hydrogen-bond acceptors (Lipinski definition) is 6. The summed E-state index contributed by atoms with van der Waals surface area (Å²) < 4.78 is 38.8. The minimum Gasteiger partial charge on any atom is -0.493 e. The van der Waals surface area contributed by atoms with Crippen molar-refractivity contribution in [2.75, 3.05) is 12.4 Å². The van der Waals surface area contributed by atoms with Gasteiger partial charge in [-0.15, -0.1) is 0 Å². The summed E-state index contributed by atoms with van der Waals surface area (Å²) in [5.41, 5.74) is 1.00. The minimum atomic E-state index is -1.10. The largest absolute Gasteiger partial charge is 0.493 e. The number of ether oxygens (including phenoxy) is 2. The molecule has 2 heterocycles.